The molecule has 0 saturated heterocycles. The summed E-state index contributed by atoms with van der Waals surface area (Å²) in [5.41, 5.74) is 0.692. The summed E-state index contributed by atoms with van der Waals surface area (Å²) in [7, 11) is 0. The molecule has 0 aliphatic carbocycles. The molecule has 6 heteroatoms. The van der Waals surface area contributed by atoms with Crippen molar-refractivity contribution in [2.24, 2.45) is 5.92 Å². The second-order valence-electron chi connectivity index (χ2n) is 4.91. The van der Waals surface area contributed by atoms with Gasteiger partial charge in [-0.05, 0) is 30.9 Å². The minimum Gasteiger partial charge on any atom is -0.303 e. The number of alkyl halides is 1. The molecule has 3 nitrogen and oxygen atoms in total. The van der Waals surface area contributed by atoms with E-state index in [0.29, 0.717) is 23.2 Å². The molecule has 1 amide bonds. The molecule has 0 spiro atoms. The Morgan fingerprint density at radius 2 is 1.85 bits per heavy atom. The molecule has 1 aromatic rings. The van der Waals surface area contributed by atoms with Crippen LogP contribution in [0.25, 0.3) is 0 Å². The van der Waals surface area contributed by atoms with E-state index >= 15 is 0 Å². The van der Waals surface area contributed by atoms with Crippen LogP contribution < -0.4 is 4.90 Å². The molecule has 20 heavy (non-hydrogen) atoms. The van der Waals surface area contributed by atoms with Crippen molar-refractivity contribution in [3.8, 4) is 0 Å². The zero-order valence-corrected chi connectivity index (χ0v) is 14.1. The molecule has 1 aromatic carbocycles. The van der Waals surface area contributed by atoms with Gasteiger partial charge in [-0.1, -0.05) is 46.1 Å². The quantitative estimate of drug-likeness (QED) is 0.564. The number of Topliss-reactive ketones (excluding diaryl/α,β-unsaturated/α-hetero) is 1. The van der Waals surface area contributed by atoms with Gasteiger partial charge in [-0.3, -0.25) is 9.59 Å². The van der Waals surface area contributed by atoms with Crippen molar-refractivity contribution in [3.05, 3.63) is 27.7 Å². The second kappa shape index (κ2) is 6.46. The minimum absolute atomic E-state index is 0.234. The van der Waals surface area contributed by atoms with Crippen LogP contribution in [0.5, 0.6) is 0 Å². The molecule has 1 aliphatic rings. The summed E-state index contributed by atoms with van der Waals surface area (Å²) in [6, 6.07) is 3.16. The Bertz CT molecular complexity index is 562. The van der Waals surface area contributed by atoms with E-state index in [2.05, 4.69) is 22.9 Å². The second-order valence-corrected chi connectivity index (χ2v) is 6.52. The molecular formula is C14H14BrCl2NO2. The number of nitrogens with zero attached hydrogens (tertiary/aromatic N) is 1. The molecule has 0 aromatic heterocycles. The molecular weight excluding hydrogens is 365 g/mol. The number of benzene rings is 1. The highest BCUT2D eigenvalue weighted by molar-refractivity contribution is 9.09. The fourth-order valence-electron chi connectivity index (χ4n) is 2.25. The first kappa shape index (κ1) is 15.8. The van der Waals surface area contributed by atoms with Crippen molar-refractivity contribution in [2.75, 3.05) is 16.8 Å². The maximum Gasteiger partial charge on any atom is 0.299 e. The van der Waals surface area contributed by atoms with Crippen LogP contribution in [0.4, 0.5) is 5.69 Å². The molecule has 0 N–H and O–H groups in total. The van der Waals surface area contributed by atoms with Crippen LogP contribution >= 0.6 is 39.1 Å². The van der Waals surface area contributed by atoms with Gasteiger partial charge in [-0.2, -0.15) is 0 Å². The third-order valence-electron chi connectivity index (χ3n) is 3.46. The van der Waals surface area contributed by atoms with Gasteiger partial charge >= 0.3 is 0 Å². The molecule has 0 saturated carbocycles. The molecule has 2 rings (SSSR count). The molecule has 1 atom stereocenters. The molecule has 1 unspecified atom stereocenters. The van der Waals surface area contributed by atoms with Gasteiger partial charge in [0.1, 0.15) is 0 Å². The lowest BCUT2D eigenvalue weighted by molar-refractivity contribution is -0.114. The van der Waals surface area contributed by atoms with Crippen LogP contribution in [0, 0.1) is 5.92 Å². The Morgan fingerprint density at radius 3 is 2.50 bits per heavy atom. The average Bonchev–Trinajstić information content (AvgIpc) is 2.66. The van der Waals surface area contributed by atoms with Gasteiger partial charge in [0.15, 0.2) is 0 Å². The van der Waals surface area contributed by atoms with E-state index in [4.69, 9.17) is 23.2 Å². The molecule has 108 valence electrons. The number of amides is 1. The topological polar surface area (TPSA) is 37.4 Å². The van der Waals surface area contributed by atoms with Crippen molar-refractivity contribution in [1.82, 2.24) is 0 Å². The smallest absolute Gasteiger partial charge is 0.299 e. The summed E-state index contributed by atoms with van der Waals surface area (Å²) >= 11 is 15.5. The van der Waals surface area contributed by atoms with Crippen molar-refractivity contribution in [1.29, 1.82) is 0 Å². The number of halogens is 3. The Morgan fingerprint density at radius 1 is 1.20 bits per heavy atom. The Labute approximate surface area is 136 Å². The molecule has 1 heterocycles. The highest BCUT2D eigenvalue weighted by Crippen LogP contribution is 2.40. The Hall–Kier alpha value is -0.580. The highest BCUT2D eigenvalue weighted by atomic mass is 79.9. The van der Waals surface area contributed by atoms with Gasteiger partial charge in [0.25, 0.3) is 11.7 Å². The zero-order valence-electron chi connectivity index (χ0n) is 11.0. The van der Waals surface area contributed by atoms with Crippen LogP contribution in [0.3, 0.4) is 0 Å². The molecule has 1 aliphatic heterocycles. The fourth-order valence-corrected chi connectivity index (χ4v) is 3.52. The summed E-state index contributed by atoms with van der Waals surface area (Å²) in [5.74, 6) is -0.652. The van der Waals surface area contributed by atoms with Crippen molar-refractivity contribution in [3.63, 3.8) is 0 Å². The summed E-state index contributed by atoms with van der Waals surface area (Å²) in [6.45, 7) is 2.59. The third-order valence-corrected chi connectivity index (χ3v) is 4.54. The Kier molecular flexibility index (Phi) is 5.10. The maximum absolute atomic E-state index is 12.1. The van der Waals surface area contributed by atoms with E-state index in [1.807, 2.05) is 0 Å². The first-order valence-corrected chi connectivity index (χ1v) is 8.25. The number of carbonyl (C=O) groups is 2. The third kappa shape index (κ3) is 2.87. The summed E-state index contributed by atoms with van der Waals surface area (Å²) in [5, 5.41) is 1.58. The molecule has 0 fully saturated rings. The summed E-state index contributed by atoms with van der Waals surface area (Å²) < 4.78 is 0. The number of ketones is 1. The van der Waals surface area contributed by atoms with Crippen molar-refractivity contribution in [2.45, 2.75) is 19.8 Å². The van der Waals surface area contributed by atoms with Gasteiger partial charge in [-0.25, -0.2) is 0 Å². The maximum atomic E-state index is 12.1. The lowest BCUT2D eigenvalue weighted by atomic mass is 10.1. The number of rotatable bonds is 5. The summed E-state index contributed by atoms with van der Waals surface area (Å²) in [4.78, 5) is 25.6. The number of fused-ring (bicyclic) bond motifs is 1. The normalized spacial score (nSPS) is 15.7. The SMILES string of the molecule is CC(CCBr)CCN1C(=O)C(=O)c2c(Cl)ccc(Cl)c21. The number of hydrogen-bond acceptors (Lipinski definition) is 2. The standard InChI is InChI=1S/C14H14BrCl2NO2/c1-8(4-6-15)5-7-18-12-10(17)3-2-9(16)11(12)13(19)14(18)20/h2-3,8H,4-7H2,1H3. The van der Waals surface area contributed by atoms with Crippen LogP contribution in [0.15, 0.2) is 12.1 Å². The van der Waals surface area contributed by atoms with E-state index in [1.54, 1.807) is 12.1 Å². The van der Waals surface area contributed by atoms with E-state index in [9.17, 15) is 9.59 Å². The largest absolute Gasteiger partial charge is 0.303 e. The number of hydrogen-bond donors (Lipinski definition) is 0. The van der Waals surface area contributed by atoms with Gasteiger partial charge < -0.3 is 4.90 Å². The van der Waals surface area contributed by atoms with E-state index in [-0.39, 0.29) is 10.6 Å². The van der Waals surface area contributed by atoms with Gasteiger partial charge in [0, 0.05) is 11.9 Å². The molecule has 0 bridgehead atoms. The lowest BCUT2D eigenvalue weighted by Gasteiger charge is -2.20. The predicted octanol–water partition coefficient (Wildman–Crippen LogP) is 4.33. The molecule has 0 radical (unpaired) electrons. The Balaban J connectivity index is 2.27. The highest BCUT2D eigenvalue weighted by Gasteiger charge is 2.39. The minimum atomic E-state index is -0.569. The zero-order chi connectivity index (χ0) is 14.9. The van der Waals surface area contributed by atoms with Gasteiger partial charge in [-0.15, -0.1) is 0 Å². The predicted molar refractivity (Wildman–Crippen MR) is 85.3 cm³/mol. The lowest BCUT2D eigenvalue weighted by Crippen LogP contribution is -2.31. The number of anilines is 1. The van der Waals surface area contributed by atoms with Crippen LogP contribution in [-0.2, 0) is 4.79 Å². The first-order chi connectivity index (χ1) is 9.47. The van der Waals surface area contributed by atoms with Crippen LogP contribution in [0.2, 0.25) is 10.0 Å². The average molecular weight is 379 g/mol. The monoisotopic (exact) mass is 377 g/mol. The number of carbonyl (C=O) groups excluding carboxylic acids is 2. The van der Waals surface area contributed by atoms with E-state index < -0.39 is 11.7 Å². The van der Waals surface area contributed by atoms with Gasteiger partial charge in [0.05, 0.1) is 21.3 Å². The van der Waals surface area contributed by atoms with E-state index in [0.717, 1.165) is 18.2 Å². The van der Waals surface area contributed by atoms with Crippen molar-refractivity contribution >= 4 is 56.5 Å². The first-order valence-electron chi connectivity index (χ1n) is 6.37. The summed E-state index contributed by atoms with van der Waals surface area (Å²) in [6.07, 6.45) is 1.83. The van der Waals surface area contributed by atoms with E-state index in [1.165, 1.54) is 4.90 Å². The van der Waals surface area contributed by atoms with Gasteiger partial charge in [0.2, 0.25) is 0 Å². The van der Waals surface area contributed by atoms with Crippen LogP contribution in [0.1, 0.15) is 30.1 Å². The fraction of sp³-hybridized carbons (Fsp3) is 0.429. The van der Waals surface area contributed by atoms with Crippen LogP contribution in [-0.4, -0.2) is 23.6 Å². The van der Waals surface area contributed by atoms with Crippen molar-refractivity contribution < 1.29 is 9.59 Å².